The molecule has 5 fully saturated rings. The minimum absolute atomic E-state index is 0.0145. The molecule has 50 heavy (non-hydrogen) atoms. The molecule has 12 nitrogen and oxygen atoms in total. The zero-order valence-corrected chi connectivity index (χ0v) is 31.9. The highest BCUT2D eigenvalue weighted by Gasteiger charge is 2.69. The Balaban J connectivity index is 1.38. The average Bonchev–Trinajstić information content (AvgIpc) is 3.91. The monoisotopic (exact) mass is 719 g/mol. The summed E-state index contributed by atoms with van der Waals surface area (Å²) >= 11 is 0. The number of urea groups is 1. The number of nitrogens with one attached hydrogen (secondary N) is 4. The number of carbonyl (C=O) groups excluding carboxylic acids is 5. The van der Waals surface area contributed by atoms with E-state index in [4.69, 9.17) is 0 Å². The molecule has 0 spiro atoms. The first kappa shape index (κ1) is 38.5. The summed E-state index contributed by atoms with van der Waals surface area (Å²) in [5.74, 6) is -2.12. The molecule has 0 unspecified atom stereocenters. The third-order valence-electron chi connectivity index (χ3n) is 12.9. The van der Waals surface area contributed by atoms with Gasteiger partial charge in [-0.2, -0.15) is 0 Å². The maximum atomic E-state index is 14.5. The first-order valence-electron chi connectivity index (χ1n) is 19.2. The Bertz CT molecular complexity index is 1430. The van der Waals surface area contributed by atoms with E-state index in [-0.39, 0.29) is 29.2 Å². The average molecular weight is 720 g/mol. The van der Waals surface area contributed by atoms with E-state index in [1.807, 2.05) is 0 Å². The maximum Gasteiger partial charge on any atom is 0.315 e. The van der Waals surface area contributed by atoms with E-state index >= 15 is 0 Å². The summed E-state index contributed by atoms with van der Waals surface area (Å²) in [7, 11) is -3.62. The Morgan fingerprint density at radius 1 is 0.860 bits per heavy atom. The summed E-state index contributed by atoms with van der Waals surface area (Å²) in [6.45, 7) is 11.3. The van der Waals surface area contributed by atoms with Crippen LogP contribution in [0, 0.1) is 17.3 Å². The van der Waals surface area contributed by atoms with Crippen molar-refractivity contribution >= 4 is 39.4 Å². The lowest BCUT2D eigenvalue weighted by Crippen LogP contribution is -2.68. The SMILES string of the molecule is CC(C)S(=O)(=O)C(C)(C)C1(NC(=O)N[C@@H]2CCCCCCCC[C@H](C(=O)C(=O)NC3CC3)NC(=O)[C@@H]3[C@@H]4[C@H](CN3C2=O)C4(C)C)CCCCC1. The van der Waals surface area contributed by atoms with Gasteiger partial charge < -0.3 is 26.2 Å². The molecule has 2 heterocycles. The number of carbonyl (C=O) groups is 5. The molecule has 0 aromatic carbocycles. The summed E-state index contributed by atoms with van der Waals surface area (Å²) in [5.41, 5.74) is -1.18. The largest absolute Gasteiger partial charge is 0.347 e. The van der Waals surface area contributed by atoms with Crippen LogP contribution in [0.2, 0.25) is 0 Å². The number of hydrogen-bond donors (Lipinski definition) is 4. The first-order chi connectivity index (χ1) is 23.4. The standard InChI is InChI=1S/C37H61N5O7S/c1-23(2)50(48,49)36(5,6)37(20-14-11-15-21-37)41-34(47)40-27-17-13-10-8-7-9-12-16-26(30(43)32(45)38-24-18-19-24)39-31(44)29-28-25(35(28,3)4)22-42(29)33(27)46/h23-29H,7-22H2,1-6H3,(H,38,45)(H,39,44)(H2,40,41,47)/t25-,26+,27+,28-,29-/m0/s1. The van der Waals surface area contributed by atoms with E-state index < -0.39 is 67.1 Å². The first-order valence-corrected chi connectivity index (χ1v) is 20.8. The number of hydrogen-bond acceptors (Lipinski definition) is 7. The van der Waals surface area contributed by atoms with Gasteiger partial charge in [0, 0.05) is 12.6 Å². The van der Waals surface area contributed by atoms with Gasteiger partial charge in [-0.15, -0.1) is 0 Å². The van der Waals surface area contributed by atoms with Crippen LogP contribution in [-0.2, 0) is 29.0 Å². The predicted molar refractivity (Wildman–Crippen MR) is 191 cm³/mol. The van der Waals surface area contributed by atoms with Crippen molar-refractivity contribution in [3.8, 4) is 0 Å². The van der Waals surface area contributed by atoms with E-state index in [1.165, 1.54) is 0 Å². The summed E-state index contributed by atoms with van der Waals surface area (Å²) < 4.78 is 26.1. The zero-order valence-electron chi connectivity index (χ0n) is 31.1. The Morgan fingerprint density at radius 3 is 2.04 bits per heavy atom. The zero-order chi connectivity index (χ0) is 36.6. The van der Waals surface area contributed by atoms with Crippen LogP contribution in [0.25, 0.3) is 0 Å². The van der Waals surface area contributed by atoms with Crippen LogP contribution < -0.4 is 21.3 Å². The number of nitrogens with zero attached hydrogens (tertiary/aromatic N) is 1. The molecule has 2 aliphatic heterocycles. The lowest BCUT2D eigenvalue weighted by molar-refractivity contribution is -0.144. The molecule has 3 saturated carbocycles. The van der Waals surface area contributed by atoms with E-state index in [0.29, 0.717) is 45.1 Å². The van der Waals surface area contributed by atoms with E-state index in [1.54, 1.807) is 32.6 Å². The highest BCUT2D eigenvalue weighted by atomic mass is 32.2. The molecule has 5 rings (SSSR count). The molecular weight excluding hydrogens is 659 g/mol. The van der Waals surface area contributed by atoms with Gasteiger partial charge in [0.05, 0.1) is 21.6 Å². The maximum absolute atomic E-state index is 14.5. The number of Topliss-reactive ketones (excluding diaryl/α,β-unsaturated/α-hetero) is 1. The summed E-state index contributed by atoms with van der Waals surface area (Å²) in [6.07, 6.45) is 10.9. The number of ketones is 1. The van der Waals surface area contributed by atoms with Crippen LogP contribution in [0.15, 0.2) is 0 Å². The molecule has 5 atom stereocenters. The number of amides is 5. The fraction of sp³-hybridized carbons (Fsp3) is 0.865. The minimum Gasteiger partial charge on any atom is -0.347 e. The number of sulfone groups is 1. The number of fused-ring (bicyclic) bond motifs is 3. The Hall–Kier alpha value is -2.70. The third-order valence-corrected chi connectivity index (χ3v) is 16.0. The molecule has 2 saturated heterocycles. The molecule has 13 heteroatoms. The fourth-order valence-electron chi connectivity index (χ4n) is 9.15. The van der Waals surface area contributed by atoms with Crippen LogP contribution >= 0.6 is 0 Å². The molecule has 0 radical (unpaired) electrons. The van der Waals surface area contributed by atoms with Gasteiger partial charge in [-0.1, -0.05) is 71.6 Å². The number of piperidine rings is 1. The summed E-state index contributed by atoms with van der Waals surface area (Å²) in [6, 6.07) is -3.28. The van der Waals surface area contributed by atoms with Gasteiger partial charge >= 0.3 is 6.03 Å². The van der Waals surface area contributed by atoms with Crippen molar-refractivity contribution in [2.24, 2.45) is 17.3 Å². The van der Waals surface area contributed by atoms with Crippen molar-refractivity contribution in [1.82, 2.24) is 26.2 Å². The third kappa shape index (κ3) is 7.58. The topological polar surface area (TPSA) is 171 Å². The summed E-state index contributed by atoms with van der Waals surface area (Å²) in [5, 5.41) is 11.1. The Kier molecular flexibility index (Phi) is 11.4. The molecule has 0 aromatic heterocycles. The van der Waals surface area contributed by atoms with Gasteiger partial charge in [0.15, 0.2) is 9.84 Å². The van der Waals surface area contributed by atoms with Crippen LogP contribution in [0.3, 0.4) is 0 Å². The van der Waals surface area contributed by atoms with Gasteiger partial charge in [-0.3, -0.25) is 19.2 Å². The Morgan fingerprint density at radius 2 is 1.44 bits per heavy atom. The van der Waals surface area contributed by atoms with Gasteiger partial charge in [-0.05, 0) is 83.5 Å². The van der Waals surface area contributed by atoms with Crippen molar-refractivity contribution < 1.29 is 32.4 Å². The molecular formula is C37H61N5O7S. The van der Waals surface area contributed by atoms with E-state index in [2.05, 4.69) is 35.1 Å². The second-order valence-electron chi connectivity index (χ2n) is 17.2. The summed E-state index contributed by atoms with van der Waals surface area (Å²) in [4.78, 5) is 70.2. The normalized spacial score (nSPS) is 30.5. The second-order valence-corrected chi connectivity index (χ2v) is 20.2. The molecule has 5 aliphatic rings. The lowest BCUT2D eigenvalue weighted by atomic mass is 9.73. The van der Waals surface area contributed by atoms with Crippen LogP contribution in [0.4, 0.5) is 4.79 Å². The number of rotatable bonds is 8. The Labute approximate surface area is 298 Å². The second kappa shape index (κ2) is 14.7. The van der Waals surface area contributed by atoms with Gasteiger partial charge in [0.1, 0.15) is 12.1 Å². The van der Waals surface area contributed by atoms with Gasteiger partial charge in [0.25, 0.3) is 5.91 Å². The van der Waals surface area contributed by atoms with Crippen LogP contribution in [-0.4, -0.2) is 89.1 Å². The van der Waals surface area contributed by atoms with Crippen molar-refractivity contribution in [2.75, 3.05) is 6.54 Å². The molecule has 5 amide bonds. The van der Waals surface area contributed by atoms with E-state index in [0.717, 1.165) is 57.8 Å². The minimum atomic E-state index is -3.62. The molecule has 3 aliphatic carbocycles. The highest BCUT2D eigenvalue weighted by Crippen LogP contribution is 2.65. The van der Waals surface area contributed by atoms with Crippen molar-refractivity contribution in [2.45, 2.75) is 178 Å². The van der Waals surface area contributed by atoms with Crippen molar-refractivity contribution in [3.05, 3.63) is 0 Å². The van der Waals surface area contributed by atoms with Crippen LogP contribution in [0.1, 0.15) is 138 Å². The van der Waals surface area contributed by atoms with Crippen LogP contribution in [0.5, 0.6) is 0 Å². The van der Waals surface area contributed by atoms with Crippen molar-refractivity contribution in [3.63, 3.8) is 0 Å². The quantitative estimate of drug-likeness (QED) is 0.276. The van der Waals surface area contributed by atoms with Gasteiger partial charge in [-0.25, -0.2) is 13.2 Å². The smallest absolute Gasteiger partial charge is 0.315 e. The van der Waals surface area contributed by atoms with Gasteiger partial charge in [0.2, 0.25) is 17.6 Å². The predicted octanol–water partition coefficient (Wildman–Crippen LogP) is 3.91. The molecule has 4 N–H and O–H groups in total. The lowest BCUT2D eigenvalue weighted by Gasteiger charge is -2.49. The van der Waals surface area contributed by atoms with E-state index in [9.17, 15) is 32.4 Å². The molecule has 282 valence electrons. The van der Waals surface area contributed by atoms with Crippen molar-refractivity contribution in [1.29, 1.82) is 0 Å². The molecule has 0 aromatic rings. The molecule has 0 bridgehead atoms. The fourth-order valence-corrected chi connectivity index (χ4v) is 11.1. The highest BCUT2D eigenvalue weighted by molar-refractivity contribution is 7.93.